The second kappa shape index (κ2) is 5.52. The highest BCUT2D eigenvalue weighted by Gasteiger charge is 2.22. The standard InChI is InChI=1S/C16H12ClF2N5/c1-2-12-21-13-7-6-10(15(18)19)16(23(13)22-12)24-14-9(8-20-24)4-3-5-11(14)17/h3-8,15H,2H2,1H3. The van der Waals surface area contributed by atoms with Crippen LogP contribution in [0.4, 0.5) is 8.78 Å². The molecule has 0 amide bonds. The van der Waals surface area contributed by atoms with Crippen LogP contribution in [0.25, 0.3) is 22.4 Å². The second-order valence-corrected chi connectivity index (χ2v) is 5.71. The summed E-state index contributed by atoms with van der Waals surface area (Å²) in [6.45, 7) is 1.91. The van der Waals surface area contributed by atoms with Crippen LogP contribution in [0.15, 0.2) is 36.5 Å². The Morgan fingerprint density at radius 1 is 1.21 bits per heavy atom. The fraction of sp³-hybridized carbons (Fsp3) is 0.188. The molecule has 0 radical (unpaired) electrons. The van der Waals surface area contributed by atoms with Crippen molar-refractivity contribution >= 4 is 28.2 Å². The van der Waals surface area contributed by atoms with Crippen LogP contribution in [-0.4, -0.2) is 24.4 Å². The number of pyridine rings is 1. The molecule has 0 atom stereocenters. The van der Waals surface area contributed by atoms with Crippen molar-refractivity contribution in [1.82, 2.24) is 24.4 Å². The third kappa shape index (κ3) is 2.16. The summed E-state index contributed by atoms with van der Waals surface area (Å²) in [7, 11) is 0. The first-order valence-corrected chi connectivity index (χ1v) is 7.77. The minimum atomic E-state index is -2.68. The van der Waals surface area contributed by atoms with E-state index < -0.39 is 6.43 Å². The predicted molar refractivity (Wildman–Crippen MR) is 87.0 cm³/mol. The van der Waals surface area contributed by atoms with E-state index in [9.17, 15) is 8.78 Å². The van der Waals surface area contributed by atoms with Gasteiger partial charge in [0.05, 0.1) is 22.3 Å². The van der Waals surface area contributed by atoms with Gasteiger partial charge in [-0.25, -0.2) is 18.4 Å². The number of fused-ring (bicyclic) bond motifs is 2. The van der Waals surface area contributed by atoms with E-state index in [1.165, 1.54) is 21.3 Å². The zero-order valence-corrected chi connectivity index (χ0v) is 13.4. The van der Waals surface area contributed by atoms with Crippen molar-refractivity contribution in [3.63, 3.8) is 0 Å². The van der Waals surface area contributed by atoms with Gasteiger partial charge in [0.2, 0.25) is 0 Å². The highest BCUT2D eigenvalue weighted by atomic mass is 35.5. The quantitative estimate of drug-likeness (QED) is 0.557. The van der Waals surface area contributed by atoms with Gasteiger partial charge in [-0.3, -0.25) is 0 Å². The number of nitrogens with zero attached hydrogens (tertiary/aromatic N) is 5. The maximum Gasteiger partial charge on any atom is 0.267 e. The summed E-state index contributed by atoms with van der Waals surface area (Å²) in [5.41, 5.74) is 0.865. The Hall–Kier alpha value is -2.54. The van der Waals surface area contributed by atoms with Gasteiger partial charge in [0.1, 0.15) is 0 Å². The molecule has 0 aliphatic carbocycles. The molecule has 1 aromatic carbocycles. The minimum absolute atomic E-state index is 0.151. The molecular weight excluding hydrogens is 336 g/mol. The number of aromatic nitrogens is 5. The predicted octanol–water partition coefficient (Wildman–Crippen LogP) is 4.22. The molecule has 3 aromatic heterocycles. The Labute approximate surface area is 140 Å². The molecule has 0 saturated carbocycles. The van der Waals surface area contributed by atoms with Crippen LogP contribution in [0.1, 0.15) is 24.7 Å². The van der Waals surface area contributed by atoms with Crippen LogP contribution in [0.3, 0.4) is 0 Å². The molecule has 0 spiro atoms. The average Bonchev–Trinajstić information content (AvgIpc) is 3.18. The number of halogens is 3. The van der Waals surface area contributed by atoms with E-state index in [4.69, 9.17) is 11.6 Å². The number of hydrogen-bond acceptors (Lipinski definition) is 3. The molecule has 4 rings (SSSR count). The van der Waals surface area contributed by atoms with Crippen molar-refractivity contribution in [2.45, 2.75) is 19.8 Å². The molecular formula is C16H12ClF2N5. The molecule has 4 aromatic rings. The lowest BCUT2D eigenvalue weighted by Gasteiger charge is -2.12. The van der Waals surface area contributed by atoms with E-state index in [1.807, 2.05) is 13.0 Å². The van der Waals surface area contributed by atoms with Gasteiger partial charge in [0.25, 0.3) is 6.43 Å². The zero-order valence-electron chi connectivity index (χ0n) is 12.6. The normalized spacial score (nSPS) is 11.9. The lowest BCUT2D eigenvalue weighted by molar-refractivity contribution is 0.150. The minimum Gasteiger partial charge on any atom is -0.213 e. The number of benzene rings is 1. The Morgan fingerprint density at radius 2 is 2.04 bits per heavy atom. The van der Waals surface area contributed by atoms with E-state index in [1.54, 1.807) is 18.3 Å². The van der Waals surface area contributed by atoms with Gasteiger partial charge in [-0.2, -0.15) is 9.61 Å². The van der Waals surface area contributed by atoms with E-state index >= 15 is 0 Å². The van der Waals surface area contributed by atoms with E-state index in [0.29, 0.717) is 28.4 Å². The maximum absolute atomic E-state index is 13.6. The summed E-state index contributed by atoms with van der Waals surface area (Å²) in [5, 5.41) is 9.79. The van der Waals surface area contributed by atoms with Gasteiger partial charge < -0.3 is 0 Å². The molecule has 0 bridgehead atoms. The van der Waals surface area contributed by atoms with Crippen molar-refractivity contribution in [1.29, 1.82) is 0 Å². The smallest absolute Gasteiger partial charge is 0.213 e. The third-order valence-corrected chi connectivity index (χ3v) is 4.15. The van der Waals surface area contributed by atoms with Gasteiger partial charge in [0.15, 0.2) is 17.3 Å². The van der Waals surface area contributed by atoms with Crippen molar-refractivity contribution in [3.05, 3.63) is 52.9 Å². The van der Waals surface area contributed by atoms with Gasteiger partial charge in [0, 0.05) is 11.8 Å². The molecule has 0 aliphatic rings. The van der Waals surface area contributed by atoms with Crippen molar-refractivity contribution in [2.75, 3.05) is 0 Å². The molecule has 122 valence electrons. The lowest BCUT2D eigenvalue weighted by atomic mass is 10.2. The summed E-state index contributed by atoms with van der Waals surface area (Å²) in [6.07, 6.45) is -0.487. The Bertz CT molecular complexity index is 1050. The summed E-state index contributed by atoms with van der Waals surface area (Å²) < 4.78 is 30.0. The number of aryl methyl sites for hydroxylation is 1. The molecule has 0 fully saturated rings. The average molecular weight is 348 g/mol. The van der Waals surface area contributed by atoms with Gasteiger partial charge in [-0.05, 0) is 18.2 Å². The first-order valence-electron chi connectivity index (χ1n) is 7.39. The SMILES string of the molecule is CCc1nc2ccc(C(F)F)c(-n3ncc4cccc(Cl)c43)n2n1. The fourth-order valence-corrected chi connectivity index (χ4v) is 2.99. The van der Waals surface area contributed by atoms with Crippen molar-refractivity contribution in [2.24, 2.45) is 0 Å². The number of alkyl halides is 2. The van der Waals surface area contributed by atoms with Gasteiger partial charge >= 0.3 is 0 Å². The van der Waals surface area contributed by atoms with Crippen LogP contribution in [0.5, 0.6) is 0 Å². The molecule has 0 N–H and O–H groups in total. The summed E-state index contributed by atoms with van der Waals surface area (Å²) in [6, 6.07) is 8.20. The number of hydrogen-bond donors (Lipinski definition) is 0. The Balaban J connectivity index is 2.13. The molecule has 24 heavy (non-hydrogen) atoms. The number of para-hydroxylation sites is 1. The van der Waals surface area contributed by atoms with Crippen LogP contribution in [0.2, 0.25) is 5.02 Å². The maximum atomic E-state index is 13.6. The summed E-state index contributed by atoms with van der Waals surface area (Å²) >= 11 is 6.28. The van der Waals surface area contributed by atoms with Gasteiger partial charge in [-0.15, -0.1) is 5.10 Å². The Kier molecular flexibility index (Phi) is 3.45. The summed E-state index contributed by atoms with van der Waals surface area (Å²) in [5.74, 6) is 0.725. The topological polar surface area (TPSA) is 48.0 Å². The molecule has 0 aliphatic heterocycles. The molecule has 0 unspecified atom stereocenters. The number of rotatable bonds is 3. The van der Waals surface area contributed by atoms with Gasteiger partial charge in [-0.1, -0.05) is 30.7 Å². The molecule has 3 heterocycles. The van der Waals surface area contributed by atoms with Crippen molar-refractivity contribution < 1.29 is 8.78 Å². The molecule has 8 heteroatoms. The molecule has 0 saturated heterocycles. The van der Waals surface area contributed by atoms with E-state index in [0.717, 1.165) is 5.39 Å². The molecule has 5 nitrogen and oxygen atoms in total. The largest absolute Gasteiger partial charge is 0.267 e. The second-order valence-electron chi connectivity index (χ2n) is 5.30. The fourth-order valence-electron chi connectivity index (χ4n) is 2.72. The first-order chi connectivity index (χ1) is 11.6. The van der Waals surface area contributed by atoms with Crippen LogP contribution in [-0.2, 0) is 6.42 Å². The lowest BCUT2D eigenvalue weighted by Crippen LogP contribution is -2.10. The first kappa shape index (κ1) is 15.0. The third-order valence-electron chi connectivity index (χ3n) is 3.84. The van der Waals surface area contributed by atoms with Crippen molar-refractivity contribution in [3.8, 4) is 5.82 Å². The van der Waals surface area contributed by atoms with E-state index in [-0.39, 0.29) is 11.4 Å². The Morgan fingerprint density at radius 3 is 2.79 bits per heavy atom. The van der Waals surface area contributed by atoms with Crippen LogP contribution in [0, 0.1) is 0 Å². The van der Waals surface area contributed by atoms with E-state index in [2.05, 4.69) is 15.2 Å². The van der Waals surface area contributed by atoms with Crippen LogP contribution >= 0.6 is 11.6 Å². The monoisotopic (exact) mass is 347 g/mol. The highest BCUT2D eigenvalue weighted by Crippen LogP contribution is 2.31. The highest BCUT2D eigenvalue weighted by molar-refractivity contribution is 6.35. The summed E-state index contributed by atoms with van der Waals surface area (Å²) in [4.78, 5) is 4.34. The van der Waals surface area contributed by atoms with Crippen LogP contribution < -0.4 is 0 Å². The zero-order chi connectivity index (χ0) is 16.8.